The van der Waals surface area contributed by atoms with Crippen molar-refractivity contribution in [2.45, 2.75) is 45.1 Å². The average Bonchev–Trinajstić information content (AvgIpc) is 3.33. The summed E-state index contributed by atoms with van der Waals surface area (Å²) >= 11 is 0. The van der Waals surface area contributed by atoms with Crippen molar-refractivity contribution in [3.05, 3.63) is 48.3 Å². The molecule has 2 fully saturated rings. The Morgan fingerprint density at radius 2 is 1.75 bits per heavy atom. The molecule has 174 valence electrons. The molecule has 1 aromatic heterocycles. The van der Waals surface area contributed by atoms with E-state index in [9.17, 15) is 0 Å². The lowest BCUT2D eigenvalue weighted by Crippen LogP contribution is -2.53. The Balaban J connectivity index is 0.00000289. The molecule has 0 unspecified atom stereocenters. The highest BCUT2D eigenvalue weighted by molar-refractivity contribution is 14.0. The second-order valence-electron chi connectivity index (χ2n) is 8.18. The molecule has 0 amide bonds. The fourth-order valence-electron chi connectivity index (χ4n) is 4.22. The van der Waals surface area contributed by atoms with Crippen molar-refractivity contribution in [1.29, 1.82) is 0 Å². The average molecular weight is 550 g/mol. The molecular formula is C24H35IN6O. The third-order valence-corrected chi connectivity index (χ3v) is 5.94. The highest BCUT2D eigenvalue weighted by Crippen LogP contribution is 2.24. The van der Waals surface area contributed by atoms with Gasteiger partial charge in [-0.2, -0.15) is 0 Å². The minimum absolute atomic E-state index is 0. The highest BCUT2D eigenvalue weighted by Gasteiger charge is 2.21. The van der Waals surface area contributed by atoms with Crippen LogP contribution < -0.4 is 15.0 Å². The second-order valence-corrected chi connectivity index (χ2v) is 8.18. The van der Waals surface area contributed by atoms with E-state index in [2.05, 4.69) is 56.3 Å². The summed E-state index contributed by atoms with van der Waals surface area (Å²) in [7, 11) is 0. The van der Waals surface area contributed by atoms with Gasteiger partial charge in [0, 0.05) is 51.7 Å². The number of anilines is 1. The van der Waals surface area contributed by atoms with Gasteiger partial charge in [0.2, 0.25) is 5.95 Å². The standard InChI is InChI=1S/C24H34N6O.HI/c1-2-25-23(29-16-18-30(19-17-29)24-26-13-5-14-27-24)28-15-12-20-8-10-22(11-9-20)31-21-6-3-4-7-21;/h5,8-11,13-14,21H,2-4,6-7,12,15-19H2,1H3,(H,25,28);1H. The zero-order valence-corrected chi connectivity index (χ0v) is 21.3. The molecule has 7 nitrogen and oxygen atoms in total. The van der Waals surface area contributed by atoms with E-state index in [1.807, 2.05) is 6.07 Å². The summed E-state index contributed by atoms with van der Waals surface area (Å²) in [5, 5.41) is 3.45. The van der Waals surface area contributed by atoms with E-state index in [-0.39, 0.29) is 24.0 Å². The van der Waals surface area contributed by atoms with Gasteiger partial charge in [-0.1, -0.05) is 12.1 Å². The number of piperazine rings is 1. The number of guanidine groups is 1. The number of ether oxygens (including phenoxy) is 1. The van der Waals surface area contributed by atoms with Gasteiger partial charge in [0.1, 0.15) is 5.75 Å². The van der Waals surface area contributed by atoms with Crippen molar-refractivity contribution >= 4 is 35.9 Å². The highest BCUT2D eigenvalue weighted by atomic mass is 127. The fourth-order valence-corrected chi connectivity index (χ4v) is 4.22. The van der Waals surface area contributed by atoms with Gasteiger partial charge < -0.3 is 19.9 Å². The van der Waals surface area contributed by atoms with Crippen LogP contribution >= 0.6 is 24.0 Å². The molecule has 2 heterocycles. The van der Waals surface area contributed by atoms with E-state index in [0.29, 0.717) is 6.10 Å². The van der Waals surface area contributed by atoms with Crippen LogP contribution in [0.15, 0.2) is 47.7 Å². The van der Waals surface area contributed by atoms with Crippen LogP contribution in [0.4, 0.5) is 5.95 Å². The summed E-state index contributed by atoms with van der Waals surface area (Å²) in [5.41, 5.74) is 1.30. The van der Waals surface area contributed by atoms with Crippen molar-refractivity contribution in [1.82, 2.24) is 20.2 Å². The third kappa shape index (κ3) is 6.95. The largest absolute Gasteiger partial charge is 0.490 e. The first kappa shape index (κ1) is 24.5. The SMILES string of the molecule is CCNC(=NCCc1ccc(OC2CCCC2)cc1)N1CCN(c2ncccn2)CC1.I. The summed E-state index contributed by atoms with van der Waals surface area (Å²) in [6, 6.07) is 10.4. The van der Waals surface area contributed by atoms with Crippen LogP contribution in [-0.4, -0.2) is 66.2 Å². The van der Waals surface area contributed by atoms with Crippen molar-refractivity contribution < 1.29 is 4.74 Å². The summed E-state index contributed by atoms with van der Waals surface area (Å²) < 4.78 is 6.07. The summed E-state index contributed by atoms with van der Waals surface area (Å²) in [5.74, 6) is 2.80. The number of aliphatic imine (C=N–C) groups is 1. The van der Waals surface area contributed by atoms with E-state index in [4.69, 9.17) is 9.73 Å². The van der Waals surface area contributed by atoms with Crippen LogP contribution in [0.25, 0.3) is 0 Å². The number of nitrogens with one attached hydrogen (secondary N) is 1. The minimum Gasteiger partial charge on any atom is -0.490 e. The second kappa shape index (κ2) is 12.8. The molecule has 1 aliphatic carbocycles. The Labute approximate surface area is 208 Å². The van der Waals surface area contributed by atoms with E-state index >= 15 is 0 Å². The number of halogens is 1. The lowest BCUT2D eigenvalue weighted by atomic mass is 10.1. The maximum atomic E-state index is 6.07. The van der Waals surface area contributed by atoms with Crippen LogP contribution in [0.5, 0.6) is 5.75 Å². The Morgan fingerprint density at radius 3 is 2.41 bits per heavy atom. The predicted molar refractivity (Wildman–Crippen MR) is 140 cm³/mol. The maximum Gasteiger partial charge on any atom is 0.225 e. The maximum absolute atomic E-state index is 6.07. The Kier molecular flexibility index (Phi) is 9.83. The van der Waals surface area contributed by atoms with Crippen LogP contribution in [0, 0.1) is 0 Å². The molecular weight excluding hydrogens is 515 g/mol. The quantitative estimate of drug-likeness (QED) is 0.322. The normalized spacial score (nSPS) is 17.2. The molecule has 4 rings (SSSR count). The molecule has 1 aliphatic heterocycles. The predicted octanol–water partition coefficient (Wildman–Crippen LogP) is 3.75. The number of hydrogen-bond donors (Lipinski definition) is 1. The van der Waals surface area contributed by atoms with Gasteiger partial charge in [0.15, 0.2) is 5.96 Å². The molecule has 1 saturated carbocycles. The number of hydrogen-bond acceptors (Lipinski definition) is 5. The smallest absolute Gasteiger partial charge is 0.225 e. The summed E-state index contributed by atoms with van der Waals surface area (Å²) in [6.45, 7) is 7.39. The molecule has 0 spiro atoms. The molecule has 1 aromatic carbocycles. The van der Waals surface area contributed by atoms with Crippen LogP contribution in [-0.2, 0) is 6.42 Å². The zero-order chi connectivity index (χ0) is 21.3. The fraction of sp³-hybridized carbons (Fsp3) is 0.542. The lowest BCUT2D eigenvalue weighted by Gasteiger charge is -2.36. The van der Waals surface area contributed by atoms with Gasteiger partial charge in [-0.3, -0.25) is 4.99 Å². The van der Waals surface area contributed by atoms with E-state index in [1.54, 1.807) is 12.4 Å². The molecule has 32 heavy (non-hydrogen) atoms. The lowest BCUT2D eigenvalue weighted by molar-refractivity contribution is 0.210. The van der Waals surface area contributed by atoms with Crippen LogP contribution in [0.2, 0.25) is 0 Å². The number of rotatable bonds is 7. The molecule has 0 atom stereocenters. The van der Waals surface area contributed by atoms with Gasteiger partial charge in [0.25, 0.3) is 0 Å². The van der Waals surface area contributed by atoms with Crippen molar-refractivity contribution in [2.75, 3.05) is 44.2 Å². The molecule has 0 radical (unpaired) electrons. The first-order valence-corrected chi connectivity index (χ1v) is 11.6. The minimum atomic E-state index is 0. The van der Waals surface area contributed by atoms with Gasteiger partial charge in [-0.05, 0) is 62.8 Å². The van der Waals surface area contributed by atoms with Gasteiger partial charge in [-0.15, -0.1) is 24.0 Å². The zero-order valence-electron chi connectivity index (χ0n) is 18.9. The van der Waals surface area contributed by atoms with Gasteiger partial charge in [0.05, 0.1) is 6.10 Å². The van der Waals surface area contributed by atoms with Gasteiger partial charge in [-0.25, -0.2) is 9.97 Å². The molecule has 8 heteroatoms. The number of benzene rings is 1. The topological polar surface area (TPSA) is 65.9 Å². The number of aromatic nitrogens is 2. The van der Waals surface area contributed by atoms with Crippen molar-refractivity contribution in [3.63, 3.8) is 0 Å². The molecule has 0 bridgehead atoms. The first-order chi connectivity index (χ1) is 15.3. The summed E-state index contributed by atoms with van der Waals surface area (Å²) in [4.78, 5) is 18.2. The summed E-state index contributed by atoms with van der Waals surface area (Å²) in [6.07, 6.45) is 9.91. The van der Waals surface area contributed by atoms with Crippen LogP contribution in [0.3, 0.4) is 0 Å². The Morgan fingerprint density at radius 1 is 1.06 bits per heavy atom. The van der Waals surface area contributed by atoms with Gasteiger partial charge >= 0.3 is 0 Å². The third-order valence-electron chi connectivity index (χ3n) is 5.94. The van der Waals surface area contributed by atoms with Crippen LogP contribution in [0.1, 0.15) is 38.2 Å². The number of nitrogens with zero attached hydrogens (tertiary/aromatic N) is 5. The molecule has 2 aromatic rings. The van der Waals surface area contributed by atoms with E-state index in [1.165, 1.54) is 31.2 Å². The molecule has 1 saturated heterocycles. The van der Waals surface area contributed by atoms with E-state index in [0.717, 1.165) is 63.3 Å². The van der Waals surface area contributed by atoms with Crippen molar-refractivity contribution in [2.24, 2.45) is 4.99 Å². The van der Waals surface area contributed by atoms with E-state index < -0.39 is 0 Å². The Bertz CT molecular complexity index is 818. The molecule has 1 N–H and O–H groups in total. The Hall–Kier alpha value is -2.10. The monoisotopic (exact) mass is 550 g/mol. The van der Waals surface area contributed by atoms with Crippen molar-refractivity contribution in [3.8, 4) is 5.75 Å². The molecule has 2 aliphatic rings. The first-order valence-electron chi connectivity index (χ1n) is 11.6.